The van der Waals surface area contributed by atoms with E-state index in [-0.39, 0.29) is 5.91 Å². The molecule has 0 aliphatic rings. The van der Waals surface area contributed by atoms with Crippen molar-refractivity contribution >= 4 is 21.8 Å². The largest absolute Gasteiger partial charge is 0.350 e. The number of carbonyl (C=O) groups is 1. The van der Waals surface area contributed by atoms with Crippen LogP contribution in [-0.4, -0.2) is 22.2 Å². The Morgan fingerprint density at radius 2 is 2.15 bits per heavy atom. The quantitative estimate of drug-likeness (QED) is 0.854. The highest BCUT2D eigenvalue weighted by atomic mass is 79.9. The van der Waals surface area contributed by atoms with Crippen molar-refractivity contribution in [2.75, 3.05) is 6.54 Å². The van der Waals surface area contributed by atoms with Crippen LogP contribution in [0.4, 0.5) is 0 Å². The lowest BCUT2D eigenvalue weighted by atomic mass is 10.1. The van der Waals surface area contributed by atoms with Gasteiger partial charge in [-0.25, -0.2) is 0 Å². The minimum Gasteiger partial charge on any atom is -0.350 e. The molecule has 0 atom stereocenters. The van der Waals surface area contributed by atoms with E-state index in [1.165, 1.54) is 0 Å². The molecule has 4 nitrogen and oxygen atoms in total. The maximum absolute atomic E-state index is 12.0. The lowest BCUT2D eigenvalue weighted by molar-refractivity contribution is 0.0951. The summed E-state index contributed by atoms with van der Waals surface area (Å²) in [5.74, 6) is -0.0469. The number of rotatable bonds is 5. The van der Waals surface area contributed by atoms with Gasteiger partial charge in [0, 0.05) is 23.1 Å². The van der Waals surface area contributed by atoms with Gasteiger partial charge in [0.2, 0.25) is 0 Å². The first kappa shape index (κ1) is 14.8. The molecule has 0 aliphatic carbocycles. The van der Waals surface area contributed by atoms with E-state index in [0.717, 1.165) is 22.3 Å². The van der Waals surface area contributed by atoms with Gasteiger partial charge < -0.3 is 5.32 Å². The van der Waals surface area contributed by atoms with Crippen LogP contribution in [0, 0.1) is 13.8 Å². The Bertz CT molecular complexity index is 607. The Morgan fingerprint density at radius 1 is 1.35 bits per heavy atom. The van der Waals surface area contributed by atoms with Crippen LogP contribution in [0.15, 0.2) is 30.3 Å². The first-order chi connectivity index (χ1) is 9.60. The minimum atomic E-state index is -0.0469. The zero-order chi connectivity index (χ0) is 14.5. The van der Waals surface area contributed by atoms with Gasteiger partial charge in [-0.15, -0.1) is 0 Å². The van der Waals surface area contributed by atoms with Gasteiger partial charge in [0.1, 0.15) is 0 Å². The number of halogens is 1. The van der Waals surface area contributed by atoms with E-state index in [4.69, 9.17) is 0 Å². The summed E-state index contributed by atoms with van der Waals surface area (Å²) < 4.78 is 1.91. The van der Waals surface area contributed by atoms with Gasteiger partial charge in [-0.1, -0.05) is 28.1 Å². The van der Waals surface area contributed by atoms with Gasteiger partial charge in [0.25, 0.3) is 5.91 Å². The third kappa shape index (κ3) is 3.70. The van der Waals surface area contributed by atoms with E-state index in [1.54, 1.807) is 0 Å². The average molecular weight is 336 g/mol. The number of nitrogens with one attached hydrogen (secondary N) is 1. The van der Waals surface area contributed by atoms with E-state index in [1.807, 2.05) is 48.9 Å². The van der Waals surface area contributed by atoms with Crippen molar-refractivity contribution in [3.05, 3.63) is 52.8 Å². The fourth-order valence-corrected chi connectivity index (χ4v) is 2.42. The number of amides is 1. The summed E-state index contributed by atoms with van der Waals surface area (Å²) in [5.41, 5.74) is 3.89. The highest BCUT2D eigenvalue weighted by molar-refractivity contribution is 9.08. The standard InChI is InChI=1S/C15H18BrN3O/c1-11-8-12(2)19(18-11)7-6-17-15(20)14-5-3-4-13(9-14)10-16/h3-5,8-9H,6-7,10H2,1-2H3,(H,17,20). The first-order valence-electron chi connectivity index (χ1n) is 6.54. The van der Waals surface area contributed by atoms with Gasteiger partial charge in [0.05, 0.1) is 12.2 Å². The van der Waals surface area contributed by atoms with Crippen molar-refractivity contribution in [1.82, 2.24) is 15.1 Å². The second-order valence-corrected chi connectivity index (χ2v) is 5.30. The molecule has 0 saturated carbocycles. The van der Waals surface area contributed by atoms with E-state index in [2.05, 4.69) is 26.3 Å². The Kier molecular flexibility index (Phi) is 4.95. The second kappa shape index (κ2) is 6.70. The van der Waals surface area contributed by atoms with Crippen LogP contribution in [0.1, 0.15) is 27.3 Å². The summed E-state index contributed by atoms with van der Waals surface area (Å²) in [6, 6.07) is 9.63. The van der Waals surface area contributed by atoms with Crippen LogP contribution < -0.4 is 5.32 Å². The summed E-state index contributed by atoms with van der Waals surface area (Å²) in [6.07, 6.45) is 0. The fraction of sp³-hybridized carbons (Fsp3) is 0.333. The van der Waals surface area contributed by atoms with Crippen molar-refractivity contribution < 1.29 is 4.79 Å². The molecule has 1 aromatic carbocycles. The predicted octanol–water partition coefficient (Wildman–Crippen LogP) is 2.82. The van der Waals surface area contributed by atoms with Crippen LogP contribution in [0.3, 0.4) is 0 Å². The molecular weight excluding hydrogens is 318 g/mol. The molecule has 5 heteroatoms. The number of aromatic nitrogens is 2. The molecule has 20 heavy (non-hydrogen) atoms. The normalized spacial score (nSPS) is 10.6. The molecule has 106 valence electrons. The highest BCUT2D eigenvalue weighted by Gasteiger charge is 2.06. The Hall–Kier alpha value is -1.62. The zero-order valence-electron chi connectivity index (χ0n) is 11.7. The number of hydrogen-bond acceptors (Lipinski definition) is 2. The molecule has 0 aliphatic heterocycles. The molecule has 0 unspecified atom stereocenters. The number of alkyl halides is 1. The molecule has 2 rings (SSSR count). The van der Waals surface area contributed by atoms with E-state index >= 15 is 0 Å². The number of carbonyl (C=O) groups excluding carboxylic acids is 1. The topological polar surface area (TPSA) is 46.9 Å². The van der Waals surface area contributed by atoms with Crippen molar-refractivity contribution in [3.8, 4) is 0 Å². The van der Waals surface area contributed by atoms with E-state index < -0.39 is 0 Å². The summed E-state index contributed by atoms with van der Waals surface area (Å²) in [6.45, 7) is 5.23. The molecule has 2 aromatic rings. The number of benzene rings is 1. The summed E-state index contributed by atoms with van der Waals surface area (Å²) in [7, 11) is 0. The molecule has 1 heterocycles. The summed E-state index contributed by atoms with van der Waals surface area (Å²) in [4.78, 5) is 12.0. The van der Waals surface area contributed by atoms with Crippen LogP contribution in [0.25, 0.3) is 0 Å². The van der Waals surface area contributed by atoms with Crippen molar-refractivity contribution in [2.45, 2.75) is 25.7 Å². The molecule has 1 aromatic heterocycles. The SMILES string of the molecule is Cc1cc(C)n(CCNC(=O)c2cccc(CBr)c2)n1. The van der Waals surface area contributed by atoms with Crippen molar-refractivity contribution in [1.29, 1.82) is 0 Å². The second-order valence-electron chi connectivity index (χ2n) is 4.74. The fourth-order valence-electron chi connectivity index (χ4n) is 2.07. The van der Waals surface area contributed by atoms with Crippen molar-refractivity contribution in [3.63, 3.8) is 0 Å². The van der Waals surface area contributed by atoms with Crippen LogP contribution in [-0.2, 0) is 11.9 Å². The third-order valence-electron chi connectivity index (χ3n) is 3.06. The number of hydrogen-bond donors (Lipinski definition) is 1. The molecule has 0 spiro atoms. The molecule has 1 N–H and O–H groups in total. The van der Waals surface area contributed by atoms with E-state index in [9.17, 15) is 4.79 Å². The average Bonchev–Trinajstić information content (AvgIpc) is 2.77. The predicted molar refractivity (Wildman–Crippen MR) is 83.1 cm³/mol. The van der Waals surface area contributed by atoms with Gasteiger partial charge in [-0.3, -0.25) is 9.48 Å². The highest BCUT2D eigenvalue weighted by Crippen LogP contribution is 2.08. The minimum absolute atomic E-state index is 0.0469. The monoisotopic (exact) mass is 335 g/mol. The van der Waals surface area contributed by atoms with Crippen LogP contribution in [0.5, 0.6) is 0 Å². The smallest absolute Gasteiger partial charge is 0.251 e. The van der Waals surface area contributed by atoms with E-state index in [0.29, 0.717) is 18.7 Å². The van der Waals surface area contributed by atoms with Gasteiger partial charge in [-0.05, 0) is 37.6 Å². The molecule has 0 bridgehead atoms. The first-order valence-corrected chi connectivity index (χ1v) is 7.66. The summed E-state index contributed by atoms with van der Waals surface area (Å²) in [5, 5.41) is 8.04. The lowest BCUT2D eigenvalue weighted by Crippen LogP contribution is -2.27. The van der Waals surface area contributed by atoms with Crippen LogP contribution >= 0.6 is 15.9 Å². The van der Waals surface area contributed by atoms with Crippen LogP contribution in [0.2, 0.25) is 0 Å². The number of aryl methyl sites for hydroxylation is 2. The number of nitrogens with zero attached hydrogens (tertiary/aromatic N) is 2. The molecule has 0 fully saturated rings. The van der Waals surface area contributed by atoms with Gasteiger partial charge in [0.15, 0.2) is 0 Å². The maximum atomic E-state index is 12.0. The Balaban J connectivity index is 1.90. The third-order valence-corrected chi connectivity index (χ3v) is 3.70. The van der Waals surface area contributed by atoms with Gasteiger partial charge >= 0.3 is 0 Å². The maximum Gasteiger partial charge on any atom is 0.251 e. The van der Waals surface area contributed by atoms with Crippen molar-refractivity contribution in [2.24, 2.45) is 0 Å². The molecular formula is C15H18BrN3O. The lowest BCUT2D eigenvalue weighted by Gasteiger charge is -2.07. The molecule has 0 saturated heterocycles. The summed E-state index contributed by atoms with van der Waals surface area (Å²) >= 11 is 3.39. The zero-order valence-corrected chi connectivity index (χ0v) is 13.3. The molecule has 1 amide bonds. The molecule has 0 radical (unpaired) electrons. The Morgan fingerprint density at radius 3 is 2.80 bits per heavy atom. The Labute approximate surface area is 127 Å². The van der Waals surface area contributed by atoms with Gasteiger partial charge in [-0.2, -0.15) is 5.10 Å².